The lowest BCUT2D eigenvalue weighted by Crippen LogP contribution is -2.29. The van der Waals surface area contributed by atoms with Crippen LogP contribution in [0.1, 0.15) is 16.7 Å². The van der Waals surface area contributed by atoms with Crippen molar-refractivity contribution in [3.05, 3.63) is 82.4 Å². The van der Waals surface area contributed by atoms with Gasteiger partial charge in [0.25, 0.3) is 15.9 Å². The molecule has 166 valence electrons. The zero-order valence-corrected chi connectivity index (χ0v) is 19.3. The average molecular weight is 471 g/mol. The molecule has 1 heterocycles. The van der Waals surface area contributed by atoms with Gasteiger partial charge in [-0.1, -0.05) is 29.8 Å². The number of amides is 1. The number of hydrogen-bond acceptors (Lipinski definition) is 4. The van der Waals surface area contributed by atoms with E-state index in [0.717, 1.165) is 22.4 Å². The molecule has 0 atom stereocenters. The Morgan fingerprint density at radius 2 is 1.72 bits per heavy atom. The first-order valence-electron chi connectivity index (χ1n) is 10.2. The van der Waals surface area contributed by atoms with Crippen LogP contribution in [-0.2, 0) is 21.2 Å². The number of para-hydroxylation sites is 1. The van der Waals surface area contributed by atoms with Crippen molar-refractivity contribution in [3.8, 4) is 5.75 Å². The van der Waals surface area contributed by atoms with Crippen LogP contribution < -0.4 is 14.4 Å². The molecule has 0 radical (unpaired) electrons. The summed E-state index contributed by atoms with van der Waals surface area (Å²) in [4.78, 5) is 12.4. The first-order valence-corrected chi connectivity index (χ1v) is 12.0. The number of sulfonamides is 1. The third kappa shape index (κ3) is 4.45. The van der Waals surface area contributed by atoms with Crippen molar-refractivity contribution in [2.75, 3.05) is 22.8 Å². The number of benzene rings is 3. The summed E-state index contributed by atoms with van der Waals surface area (Å²) < 4.78 is 33.1. The van der Waals surface area contributed by atoms with Crippen molar-refractivity contribution >= 4 is 38.9 Å². The van der Waals surface area contributed by atoms with Gasteiger partial charge in [-0.15, -0.1) is 0 Å². The van der Waals surface area contributed by atoms with E-state index in [0.29, 0.717) is 29.4 Å². The van der Waals surface area contributed by atoms with Gasteiger partial charge in [-0.25, -0.2) is 8.42 Å². The number of nitrogens with zero attached hydrogens (tertiary/aromatic N) is 1. The highest BCUT2D eigenvalue weighted by atomic mass is 35.5. The predicted molar refractivity (Wildman–Crippen MR) is 126 cm³/mol. The fraction of sp³-hybridized carbons (Fsp3) is 0.208. The second kappa shape index (κ2) is 8.84. The summed E-state index contributed by atoms with van der Waals surface area (Å²) in [5, 5.41) is 3.39. The van der Waals surface area contributed by atoms with Crippen LogP contribution in [-0.4, -0.2) is 27.5 Å². The second-order valence-electron chi connectivity index (χ2n) is 7.69. The van der Waals surface area contributed by atoms with Gasteiger partial charge in [0.15, 0.2) is 6.61 Å². The zero-order valence-electron chi connectivity index (χ0n) is 17.8. The van der Waals surface area contributed by atoms with Crippen LogP contribution >= 0.6 is 11.6 Å². The van der Waals surface area contributed by atoms with Gasteiger partial charge in [-0.2, -0.15) is 0 Å². The van der Waals surface area contributed by atoms with E-state index in [4.69, 9.17) is 16.3 Å². The van der Waals surface area contributed by atoms with Gasteiger partial charge in [-0.05, 0) is 79.4 Å². The maximum absolute atomic E-state index is 13.1. The summed E-state index contributed by atoms with van der Waals surface area (Å²) in [7, 11) is -3.67. The van der Waals surface area contributed by atoms with Crippen LogP contribution in [0.4, 0.5) is 11.4 Å². The number of rotatable bonds is 6. The van der Waals surface area contributed by atoms with Crippen molar-refractivity contribution in [1.29, 1.82) is 0 Å². The van der Waals surface area contributed by atoms with Gasteiger partial charge in [0.2, 0.25) is 0 Å². The molecule has 1 aliphatic rings. The number of carbonyl (C=O) groups is 1. The van der Waals surface area contributed by atoms with Crippen LogP contribution in [0.3, 0.4) is 0 Å². The Bertz CT molecular complexity index is 1250. The molecule has 3 aromatic rings. The molecular formula is C24H23ClN2O4S. The molecule has 0 saturated carbocycles. The topological polar surface area (TPSA) is 75.7 Å². The fourth-order valence-corrected chi connectivity index (χ4v) is 5.34. The third-order valence-electron chi connectivity index (χ3n) is 5.35. The van der Waals surface area contributed by atoms with Crippen molar-refractivity contribution in [2.45, 2.75) is 25.2 Å². The minimum atomic E-state index is -3.67. The van der Waals surface area contributed by atoms with Crippen LogP contribution in [0.5, 0.6) is 5.75 Å². The Balaban J connectivity index is 1.40. The number of aryl methyl sites for hydroxylation is 2. The minimum Gasteiger partial charge on any atom is -0.484 e. The monoisotopic (exact) mass is 470 g/mol. The molecule has 8 heteroatoms. The van der Waals surface area contributed by atoms with E-state index in [9.17, 15) is 13.2 Å². The summed E-state index contributed by atoms with van der Waals surface area (Å²) in [5.41, 5.74) is 3.97. The highest BCUT2D eigenvalue weighted by Crippen LogP contribution is 2.33. The maximum Gasteiger partial charge on any atom is 0.264 e. The van der Waals surface area contributed by atoms with E-state index in [-0.39, 0.29) is 17.4 Å². The van der Waals surface area contributed by atoms with Gasteiger partial charge in [0, 0.05) is 17.3 Å². The molecule has 1 amide bonds. The predicted octanol–water partition coefficient (Wildman–Crippen LogP) is 4.73. The molecule has 1 N–H and O–H groups in total. The van der Waals surface area contributed by atoms with Gasteiger partial charge >= 0.3 is 0 Å². The quantitative estimate of drug-likeness (QED) is 0.565. The third-order valence-corrected chi connectivity index (χ3v) is 7.77. The van der Waals surface area contributed by atoms with Crippen molar-refractivity contribution in [1.82, 2.24) is 0 Å². The van der Waals surface area contributed by atoms with Gasteiger partial charge in [-0.3, -0.25) is 9.10 Å². The van der Waals surface area contributed by atoms with Crippen molar-refractivity contribution in [3.63, 3.8) is 0 Å². The molecule has 0 aromatic heterocycles. The number of hydrogen-bond donors (Lipinski definition) is 1. The van der Waals surface area contributed by atoms with Crippen molar-refractivity contribution in [2.24, 2.45) is 0 Å². The Kier molecular flexibility index (Phi) is 6.13. The van der Waals surface area contributed by atoms with Gasteiger partial charge < -0.3 is 10.1 Å². The molecule has 0 saturated heterocycles. The van der Waals surface area contributed by atoms with E-state index >= 15 is 0 Å². The lowest BCUT2D eigenvalue weighted by Gasteiger charge is -2.19. The normalized spacial score (nSPS) is 13.0. The highest BCUT2D eigenvalue weighted by molar-refractivity contribution is 7.92. The number of halogens is 1. The van der Waals surface area contributed by atoms with Crippen molar-refractivity contribution < 1.29 is 17.9 Å². The standard InChI is InChI=1S/C24H23ClN2O4S/c1-16-13-20(14-17(2)24(16)25)31-15-23(28)26-19-7-9-21(10-8-19)32(29,30)27-12-11-18-5-3-4-6-22(18)27/h3-10,13-14H,11-12,15H2,1-2H3,(H,26,28). The molecule has 0 aliphatic carbocycles. The molecule has 1 aliphatic heterocycles. The zero-order chi connectivity index (χ0) is 22.9. The maximum atomic E-state index is 13.1. The summed E-state index contributed by atoms with van der Waals surface area (Å²) in [6, 6.07) is 17.2. The summed E-state index contributed by atoms with van der Waals surface area (Å²) in [6.45, 7) is 3.99. The Labute approximate surface area is 192 Å². The number of fused-ring (bicyclic) bond motifs is 1. The molecule has 0 spiro atoms. The Morgan fingerprint density at radius 3 is 2.41 bits per heavy atom. The van der Waals surface area contributed by atoms with Crippen LogP contribution in [0.25, 0.3) is 0 Å². The lowest BCUT2D eigenvalue weighted by atomic mass is 10.1. The number of ether oxygens (including phenoxy) is 1. The largest absolute Gasteiger partial charge is 0.484 e. The van der Waals surface area contributed by atoms with E-state index in [1.54, 1.807) is 24.3 Å². The summed E-state index contributed by atoms with van der Waals surface area (Å²) in [6.07, 6.45) is 0.691. The van der Waals surface area contributed by atoms with Crippen LogP contribution in [0.2, 0.25) is 5.02 Å². The first-order chi connectivity index (χ1) is 15.3. The van der Waals surface area contributed by atoms with E-state index in [2.05, 4.69) is 5.32 Å². The average Bonchev–Trinajstić information content (AvgIpc) is 3.21. The second-order valence-corrected chi connectivity index (χ2v) is 9.93. The molecule has 0 fully saturated rings. The molecular weight excluding hydrogens is 448 g/mol. The lowest BCUT2D eigenvalue weighted by molar-refractivity contribution is -0.118. The Hall–Kier alpha value is -3.03. The minimum absolute atomic E-state index is 0.175. The summed E-state index contributed by atoms with van der Waals surface area (Å²) in [5.74, 6) is 0.214. The van der Waals surface area contributed by atoms with Gasteiger partial charge in [0.1, 0.15) is 5.75 Å². The number of anilines is 2. The molecule has 0 bridgehead atoms. The van der Waals surface area contributed by atoms with E-state index in [1.807, 2.05) is 38.1 Å². The van der Waals surface area contributed by atoms with Gasteiger partial charge in [0.05, 0.1) is 10.6 Å². The van der Waals surface area contributed by atoms with Crippen LogP contribution in [0, 0.1) is 13.8 Å². The SMILES string of the molecule is Cc1cc(OCC(=O)Nc2ccc(S(=O)(=O)N3CCc4ccccc43)cc2)cc(C)c1Cl. The smallest absolute Gasteiger partial charge is 0.264 e. The number of carbonyl (C=O) groups excluding carboxylic acids is 1. The molecule has 4 rings (SSSR count). The molecule has 32 heavy (non-hydrogen) atoms. The summed E-state index contributed by atoms with van der Waals surface area (Å²) >= 11 is 6.15. The highest BCUT2D eigenvalue weighted by Gasteiger charge is 2.30. The molecule has 0 unspecified atom stereocenters. The molecule has 3 aromatic carbocycles. The first kappa shape index (κ1) is 22.2. The van der Waals surface area contributed by atoms with Crippen LogP contribution in [0.15, 0.2) is 65.6 Å². The Morgan fingerprint density at radius 1 is 1.06 bits per heavy atom. The number of nitrogens with one attached hydrogen (secondary N) is 1. The van der Waals surface area contributed by atoms with E-state index in [1.165, 1.54) is 16.4 Å². The molecule has 6 nitrogen and oxygen atoms in total. The fourth-order valence-electron chi connectivity index (χ4n) is 3.73. The van der Waals surface area contributed by atoms with E-state index < -0.39 is 10.0 Å².